The first-order chi connectivity index (χ1) is 15.3. The third kappa shape index (κ3) is 5.45. The van der Waals surface area contributed by atoms with E-state index in [1.54, 1.807) is 18.2 Å². The molecule has 3 rings (SSSR count). The van der Waals surface area contributed by atoms with Crippen LogP contribution in [0.1, 0.15) is 48.6 Å². The lowest BCUT2D eigenvalue weighted by Crippen LogP contribution is -2.22. The van der Waals surface area contributed by atoms with Gasteiger partial charge in [-0.1, -0.05) is 36.4 Å². The zero-order valence-corrected chi connectivity index (χ0v) is 21.1. The number of hydrogen-bond acceptors (Lipinski definition) is 4. The first-order valence-corrected chi connectivity index (χ1v) is 12.3. The Morgan fingerprint density at radius 2 is 1.48 bits per heavy atom. The van der Waals surface area contributed by atoms with Crippen LogP contribution in [0.5, 0.6) is 0 Å². The average molecular weight is 466 g/mol. The number of sulfonamides is 1. The van der Waals surface area contributed by atoms with Crippen molar-refractivity contribution >= 4 is 38.5 Å². The number of fused-ring (bicyclic) bond motifs is 1. The van der Waals surface area contributed by atoms with Gasteiger partial charge in [0.25, 0.3) is 10.0 Å². The number of ether oxygens (including phenoxy) is 1. The summed E-state index contributed by atoms with van der Waals surface area (Å²) in [4.78, 5) is 12.4. The van der Waals surface area contributed by atoms with Gasteiger partial charge in [0.2, 0.25) is 0 Å². The number of esters is 1. The van der Waals surface area contributed by atoms with Gasteiger partial charge >= 0.3 is 5.97 Å². The molecule has 0 spiro atoms. The van der Waals surface area contributed by atoms with E-state index in [0.29, 0.717) is 10.6 Å². The topological polar surface area (TPSA) is 72.5 Å². The SMILES string of the molecule is Cc1cc(C)c(C)c(S(=O)(=O)Nc2ccc(/C=C/C(=O)OC(C)(C)C)c3ccccc23)c1C. The summed E-state index contributed by atoms with van der Waals surface area (Å²) < 4.78 is 35.0. The second-order valence-electron chi connectivity index (χ2n) is 9.31. The van der Waals surface area contributed by atoms with Crippen LogP contribution in [0.25, 0.3) is 16.8 Å². The zero-order chi connectivity index (χ0) is 24.6. The zero-order valence-electron chi connectivity index (χ0n) is 20.2. The van der Waals surface area contributed by atoms with Gasteiger partial charge in [-0.3, -0.25) is 4.72 Å². The van der Waals surface area contributed by atoms with Crippen molar-refractivity contribution in [2.45, 2.75) is 59.0 Å². The van der Waals surface area contributed by atoms with Gasteiger partial charge in [0.1, 0.15) is 5.60 Å². The summed E-state index contributed by atoms with van der Waals surface area (Å²) in [6.45, 7) is 12.9. The lowest BCUT2D eigenvalue weighted by atomic mass is 10.0. The van der Waals surface area contributed by atoms with Gasteiger partial charge < -0.3 is 4.74 Å². The molecular formula is C27H31NO4S. The number of anilines is 1. The first-order valence-electron chi connectivity index (χ1n) is 10.8. The summed E-state index contributed by atoms with van der Waals surface area (Å²) in [5.74, 6) is -0.433. The van der Waals surface area contributed by atoms with Crippen LogP contribution >= 0.6 is 0 Å². The molecular weight excluding hydrogens is 434 g/mol. The van der Waals surface area contributed by atoms with Gasteiger partial charge in [-0.05, 0) is 93.8 Å². The second-order valence-corrected chi connectivity index (χ2v) is 10.9. The Morgan fingerprint density at radius 3 is 2.06 bits per heavy atom. The number of carbonyl (C=O) groups is 1. The van der Waals surface area contributed by atoms with Crippen molar-refractivity contribution in [2.24, 2.45) is 0 Å². The fourth-order valence-electron chi connectivity index (χ4n) is 3.83. The monoisotopic (exact) mass is 465 g/mol. The summed E-state index contributed by atoms with van der Waals surface area (Å²) in [6, 6.07) is 13.0. The van der Waals surface area contributed by atoms with Crippen LogP contribution in [-0.2, 0) is 19.6 Å². The molecule has 3 aromatic carbocycles. The number of nitrogens with one attached hydrogen (secondary N) is 1. The Balaban J connectivity index is 2.04. The summed E-state index contributed by atoms with van der Waals surface area (Å²) in [6.07, 6.45) is 3.08. The normalized spacial score (nSPS) is 12.3. The maximum atomic E-state index is 13.4. The minimum absolute atomic E-state index is 0.318. The summed E-state index contributed by atoms with van der Waals surface area (Å²) in [5, 5.41) is 1.57. The molecule has 5 nitrogen and oxygen atoms in total. The van der Waals surface area contributed by atoms with Crippen molar-refractivity contribution in [1.29, 1.82) is 0 Å². The van der Waals surface area contributed by atoms with E-state index in [9.17, 15) is 13.2 Å². The van der Waals surface area contributed by atoms with E-state index in [1.807, 2.05) is 78.8 Å². The fraction of sp³-hybridized carbons (Fsp3) is 0.296. The van der Waals surface area contributed by atoms with Crippen LogP contribution in [0.4, 0.5) is 5.69 Å². The predicted octanol–water partition coefficient (Wildman–Crippen LogP) is 6.23. The van der Waals surface area contributed by atoms with Crippen molar-refractivity contribution in [1.82, 2.24) is 0 Å². The van der Waals surface area contributed by atoms with Gasteiger partial charge in [0.05, 0.1) is 10.6 Å². The minimum atomic E-state index is -3.81. The van der Waals surface area contributed by atoms with Crippen molar-refractivity contribution in [3.63, 3.8) is 0 Å². The molecule has 0 fully saturated rings. The molecule has 0 heterocycles. The fourth-order valence-corrected chi connectivity index (χ4v) is 5.53. The lowest BCUT2D eigenvalue weighted by Gasteiger charge is -2.18. The molecule has 0 unspecified atom stereocenters. The molecule has 0 saturated heterocycles. The third-order valence-electron chi connectivity index (χ3n) is 5.57. The quantitative estimate of drug-likeness (QED) is 0.358. The molecule has 0 aliphatic rings. The highest BCUT2D eigenvalue weighted by Crippen LogP contribution is 2.32. The second kappa shape index (κ2) is 9.02. The molecule has 0 aliphatic heterocycles. The lowest BCUT2D eigenvalue weighted by molar-refractivity contribution is -0.148. The molecule has 0 atom stereocenters. The van der Waals surface area contributed by atoms with E-state index in [-0.39, 0.29) is 0 Å². The van der Waals surface area contributed by atoms with E-state index in [2.05, 4.69) is 4.72 Å². The number of benzene rings is 3. The highest BCUT2D eigenvalue weighted by molar-refractivity contribution is 7.92. The van der Waals surface area contributed by atoms with Crippen LogP contribution < -0.4 is 4.72 Å². The van der Waals surface area contributed by atoms with E-state index >= 15 is 0 Å². The van der Waals surface area contributed by atoms with Crippen molar-refractivity contribution < 1.29 is 17.9 Å². The minimum Gasteiger partial charge on any atom is -0.457 e. The predicted molar refractivity (Wildman–Crippen MR) is 135 cm³/mol. The van der Waals surface area contributed by atoms with E-state index in [1.165, 1.54) is 6.08 Å². The Morgan fingerprint density at radius 1 is 0.909 bits per heavy atom. The smallest absolute Gasteiger partial charge is 0.331 e. The van der Waals surface area contributed by atoms with Crippen LogP contribution in [0.2, 0.25) is 0 Å². The Bertz CT molecular complexity index is 1340. The standard InChI is InChI=1S/C27H31NO4S/c1-17-16-18(2)20(4)26(19(17)3)33(30,31)28-24-14-12-21(22-10-8-9-11-23(22)24)13-15-25(29)32-27(5,6)7/h8-16,28H,1-7H3/b15-13+. The third-order valence-corrected chi connectivity index (χ3v) is 7.21. The molecule has 33 heavy (non-hydrogen) atoms. The molecule has 0 saturated carbocycles. The van der Waals surface area contributed by atoms with Gasteiger partial charge in [0.15, 0.2) is 0 Å². The number of hydrogen-bond donors (Lipinski definition) is 1. The van der Waals surface area contributed by atoms with Crippen LogP contribution in [0.3, 0.4) is 0 Å². The number of rotatable bonds is 5. The number of aryl methyl sites for hydroxylation is 2. The summed E-state index contributed by atoms with van der Waals surface area (Å²) >= 11 is 0. The Labute approximate surface area is 196 Å². The molecule has 0 aliphatic carbocycles. The molecule has 174 valence electrons. The maximum Gasteiger partial charge on any atom is 0.331 e. The van der Waals surface area contributed by atoms with Gasteiger partial charge in [0, 0.05) is 11.5 Å². The first kappa shape index (κ1) is 24.5. The van der Waals surface area contributed by atoms with Crippen LogP contribution in [0, 0.1) is 27.7 Å². The van der Waals surface area contributed by atoms with E-state index < -0.39 is 21.6 Å². The molecule has 0 aromatic heterocycles. The molecule has 0 amide bonds. The molecule has 1 N–H and O–H groups in total. The van der Waals surface area contributed by atoms with Gasteiger partial charge in [-0.25, -0.2) is 13.2 Å². The molecule has 0 bridgehead atoms. The largest absolute Gasteiger partial charge is 0.457 e. The van der Waals surface area contributed by atoms with Crippen molar-refractivity contribution in [2.75, 3.05) is 4.72 Å². The van der Waals surface area contributed by atoms with Crippen LogP contribution in [-0.4, -0.2) is 20.0 Å². The van der Waals surface area contributed by atoms with Crippen molar-refractivity contribution in [3.05, 3.63) is 76.4 Å². The van der Waals surface area contributed by atoms with E-state index in [4.69, 9.17) is 4.74 Å². The molecule has 3 aromatic rings. The van der Waals surface area contributed by atoms with E-state index in [0.717, 1.165) is 38.6 Å². The maximum absolute atomic E-state index is 13.4. The highest BCUT2D eigenvalue weighted by atomic mass is 32.2. The average Bonchev–Trinajstić information content (AvgIpc) is 2.70. The van der Waals surface area contributed by atoms with Crippen LogP contribution in [0.15, 0.2) is 53.4 Å². The number of carbonyl (C=O) groups excluding carboxylic acids is 1. The highest BCUT2D eigenvalue weighted by Gasteiger charge is 2.23. The van der Waals surface area contributed by atoms with Gasteiger partial charge in [-0.2, -0.15) is 0 Å². The molecule has 6 heteroatoms. The van der Waals surface area contributed by atoms with Crippen molar-refractivity contribution in [3.8, 4) is 0 Å². The molecule has 0 radical (unpaired) electrons. The summed E-state index contributed by atoms with van der Waals surface area (Å²) in [5.41, 5.74) is 4.06. The Hall–Kier alpha value is -3.12. The van der Waals surface area contributed by atoms with Gasteiger partial charge in [-0.15, -0.1) is 0 Å². The summed E-state index contributed by atoms with van der Waals surface area (Å²) in [7, 11) is -3.81. The Kier molecular flexibility index (Phi) is 6.70.